The quantitative estimate of drug-likeness (QED) is 0.268. The molecular weight excluding hydrogens is 146 g/mol. The summed E-state index contributed by atoms with van der Waals surface area (Å²) < 4.78 is 4.47. The van der Waals surface area contributed by atoms with Crippen molar-refractivity contribution in [2.45, 2.75) is 13.3 Å². The third kappa shape index (κ3) is 4.22. The Labute approximate surface area is 65.0 Å². The van der Waals surface area contributed by atoms with Gasteiger partial charge in [-0.2, -0.15) is 0 Å². The fourth-order valence-electron chi connectivity index (χ4n) is 0.615. The van der Waals surface area contributed by atoms with Crippen LogP contribution in [-0.2, 0) is 9.53 Å². The molecule has 62 valence electrons. The summed E-state index contributed by atoms with van der Waals surface area (Å²) in [6, 6.07) is 0. The number of hydrogen-bond donors (Lipinski definition) is 0. The van der Waals surface area contributed by atoms with Gasteiger partial charge < -0.3 is 4.74 Å². The molecule has 0 bridgehead atoms. The fraction of sp³-hybridized carbons (Fsp3) is 0.833. The minimum atomic E-state index is -0.266. The largest absolute Gasteiger partial charge is 0.469 e. The molecule has 0 aliphatic carbocycles. The molecule has 0 rings (SSSR count). The molecule has 5 heteroatoms. The van der Waals surface area contributed by atoms with Crippen molar-refractivity contribution in [3.8, 4) is 0 Å². The van der Waals surface area contributed by atoms with Crippen LogP contribution >= 0.6 is 0 Å². The van der Waals surface area contributed by atoms with Crippen LogP contribution in [0.25, 0.3) is 10.4 Å². The minimum Gasteiger partial charge on any atom is -0.469 e. The van der Waals surface area contributed by atoms with Crippen molar-refractivity contribution in [3.63, 3.8) is 0 Å². The first-order chi connectivity index (χ1) is 5.22. The van der Waals surface area contributed by atoms with Crippen LogP contribution in [0.2, 0.25) is 0 Å². The van der Waals surface area contributed by atoms with Crippen LogP contribution in [0.5, 0.6) is 0 Å². The minimum absolute atomic E-state index is 0.189. The molecule has 0 amide bonds. The predicted octanol–water partition coefficient (Wildman–Crippen LogP) is 1.50. The number of rotatable bonds is 4. The van der Waals surface area contributed by atoms with Gasteiger partial charge >= 0.3 is 5.97 Å². The summed E-state index contributed by atoms with van der Waals surface area (Å²) in [5.41, 5.74) is 7.92. The van der Waals surface area contributed by atoms with E-state index in [1.807, 2.05) is 0 Å². The second-order valence-electron chi connectivity index (χ2n) is 2.17. The highest BCUT2D eigenvalue weighted by molar-refractivity contribution is 5.71. The van der Waals surface area contributed by atoms with E-state index in [0.717, 1.165) is 0 Å². The predicted molar refractivity (Wildman–Crippen MR) is 39.8 cm³/mol. The van der Waals surface area contributed by atoms with E-state index in [4.69, 9.17) is 5.53 Å². The molecular formula is C6H11N3O2. The molecule has 0 fully saturated rings. The highest BCUT2D eigenvalue weighted by Crippen LogP contribution is 2.03. The molecule has 0 N–H and O–H groups in total. The molecule has 0 aliphatic heterocycles. The van der Waals surface area contributed by atoms with Gasteiger partial charge in [0.05, 0.1) is 13.0 Å². The summed E-state index contributed by atoms with van der Waals surface area (Å²) in [6.45, 7) is 2.07. The van der Waals surface area contributed by atoms with Gasteiger partial charge in [-0.05, 0) is 12.0 Å². The highest BCUT2D eigenvalue weighted by atomic mass is 16.5. The zero-order valence-corrected chi connectivity index (χ0v) is 6.65. The van der Waals surface area contributed by atoms with E-state index < -0.39 is 0 Å². The summed E-state index contributed by atoms with van der Waals surface area (Å²) >= 11 is 0. The summed E-state index contributed by atoms with van der Waals surface area (Å²) in [4.78, 5) is 13.3. The smallest absolute Gasteiger partial charge is 0.308 e. The summed E-state index contributed by atoms with van der Waals surface area (Å²) in [5, 5.41) is 3.30. The Kier molecular flexibility index (Phi) is 4.94. The van der Waals surface area contributed by atoms with Crippen molar-refractivity contribution in [2.75, 3.05) is 13.7 Å². The molecule has 0 aromatic carbocycles. The molecule has 0 aromatic rings. The van der Waals surface area contributed by atoms with Crippen molar-refractivity contribution in [1.29, 1.82) is 0 Å². The fourth-order valence-corrected chi connectivity index (χ4v) is 0.615. The first kappa shape index (κ1) is 9.78. The van der Waals surface area contributed by atoms with Gasteiger partial charge in [0.25, 0.3) is 0 Å². The summed E-state index contributed by atoms with van der Waals surface area (Å²) in [7, 11) is 1.34. The van der Waals surface area contributed by atoms with Gasteiger partial charge in [0.15, 0.2) is 0 Å². The van der Waals surface area contributed by atoms with Crippen LogP contribution < -0.4 is 0 Å². The van der Waals surface area contributed by atoms with Gasteiger partial charge in [0, 0.05) is 11.5 Å². The first-order valence-corrected chi connectivity index (χ1v) is 3.31. The molecule has 1 atom stereocenters. The van der Waals surface area contributed by atoms with E-state index in [-0.39, 0.29) is 11.9 Å². The van der Waals surface area contributed by atoms with Crippen molar-refractivity contribution in [2.24, 2.45) is 11.0 Å². The SMILES string of the molecule is COC(=O)C(C)CCN=[N+]=[N-]. The average molecular weight is 157 g/mol. The van der Waals surface area contributed by atoms with Crippen molar-refractivity contribution < 1.29 is 9.53 Å². The Bertz CT molecular complexity index is 175. The lowest BCUT2D eigenvalue weighted by Crippen LogP contribution is -2.13. The van der Waals surface area contributed by atoms with Crippen LogP contribution in [0.4, 0.5) is 0 Å². The maximum Gasteiger partial charge on any atom is 0.308 e. The van der Waals surface area contributed by atoms with E-state index >= 15 is 0 Å². The third-order valence-corrected chi connectivity index (χ3v) is 1.33. The van der Waals surface area contributed by atoms with E-state index in [9.17, 15) is 4.79 Å². The molecule has 0 saturated heterocycles. The number of hydrogen-bond acceptors (Lipinski definition) is 3. The molecule has 0 aromatic heterocycles. The van der Waals surface area contributed by atoms with Crippen molar-refractivity contribution in [1.82, 2.24) is 0 Å². The molecule has 0 spiro atoms. The van der Waals surface area contributed by atoms with Crippen LogP contribution in [0.15, 0.2) is 5.11 Å². The second-order valence-corrected chi connectivity index (χ2v) is 2.17. The topological polar surface area (TPSA) is 75.1 Å². The maximum atomic E-state index is 10.7. The highest BCUT2D eigenvalue weighted by Gasteiger charge is 2.10. The normalized spacial score (nSPS) is 11.5. The lowest BCUT2D eigenvalue weighted by atomic mass is 10.1. The van der Waals surface area contributed by atoms with E-state index in [1.54, 1.807) is 6.92 Å². The molecule has 0 aliphatic rings. The number of carbonyl (C=O) groups excluding carboxylic acids is 1. The Hall–Kier alpha value is -1.22. The zero-order chi connectivity index (χ0) is 8.69. The molecule has 1 unspecified atom stereocenters. The number of carbonyl (C=O) groups is 1. The zero-order valence-electron chi connectivity index (χ0n) is 6.65. The third-order valence-electron chi connectivity index (χ3n) is 1.33. The van der Waals surface area contributed by atoms with E-state index in [0.29, 0.717) is 13.0 Å². The number of methoxy groups -OCH3 is 1. The second kappa shape index (κ2) is 5.56. The monoisotopic (exact) mass is 157 g/mol. The van der Waals surface area contributed by atoms with E-state index in [1.165, 1.54) is 7.11 Å². The van der Waals surface area contributed by atoms with Gasteiger partial charge in [-0.15, -0.1) is 0 Å². The number of ether oxygens (including phenoxy) is 1. The van der Waals surface area contributed by atoms with Crippen LogP contribution in [0.1, 0.15) is 13.3 Å². The number of azide groups is 1. The summed E-state index contributed by atoms with van der Waals surface area (Å²) in [6.07, 6.45) is 0.538. The lowest BCUT2D eigenvalue weighted by molar-refractivity contribution is -0.144. The summed E-state index contributed by atoms with van der Waals surface area (Å²) in [5.74, 6) is -0.455. The Morgan fingerprint density at radius 2 is 2.45 bits per heavy atom. The maximum absolute atomic E-state index is 10.7. The van der Waals surface area contributed by atoms with Gasteiger partial charge in [0.1, 0.15) is 0 Å². The first-order valence-electron chi connectivity index (χ1n) is 3.31. The van der Waals surface area contributed by atoms with Crippen molar-refractivity contribution in [3.05, 3.63) is 10.4 Å². The number of esters is 1. The Morgan fingerprint density at radius 3 is 2.91 bits per heavy atom. The molecule has 5 nitrogen and oxygen atoms in total. The molecule has 0 radical (unpaired) electrons. The average Bonchev–Trinajstić information content (AvgIpc) is 2.03. The standard InChI is InChI=1S/C6H11N3O2/c1-5(6(10)11-2)3-4-8-9-7/h5H,3-4H2,1-2H3. The van der Waals surface area contributed by atoms with Gasteiger partial charge in [0.2, 0.25) is 0 Å². The molecule has 0 saturated carbocycles. The number of nitrogens with zero attached hydrogens (tertiary/aromatic N) is 3. The molecule has 11 heavy (non-hydrogen) atoms. The van der Waals surface area contributed by atoms with Crippen LogP contribution in [0.3, 0.4) is 0 Å². The lowest BCUT2D eigenvalue weighted by Gasteiger charge is -2.05. The van der Waals surface area contributed by atoms with Crippen LogP contribution in [0, 0.1) is 5.92 Å². The van der Waals surface area contributed by atoms with E-state index in [2.05, 4.69) is 14.8 Å². The Balaban J connectivity index is 3.59. The van der Waals surface area contributed by atoms with Gasteiger partial charge in [-0.25, -0.2) is 0 Å². The Morgan fingerprint density at radius 1 is 1.82 bits per heavy atom. The van der Waals surface area contributed by atoms with Crippen molar-refractivity contribution >= 4 is 5.97 Å². The molecule has 0 heterocycles. The van der Waals surface area contributed by atoms with Gasteiger partial charge in [-0.1, -0.05) is 12.0 Å². The van der Waals surface area contributed by atoms with Gasteiger partial charge in [-0.3, -0.25) is 4.79 Å². The van der Waals surface area contributed by atoms with Crippen LogP contribution in [-0.4, -0.2) is 19.6 Å².